The van der Waals surface area contributed by atoms with E-state index in [0.29, 0.717) is 26.1 Å². The van der Waals surface area contributed by atoms with E-state index in [1.165, 1.54) is 7.05 Å². The highest BCUT2D eigenvalue weighted by molar-refractivity contribution is 6.02. The molecule has 0 radical (unpaired) electrons. The minimum absolute atomic E-state index is 0.235. The number of rotatable bonds is 0. The van der Waals surface area contributed by atoms with Crippen LogP contribution in [0.15, 0.2) is 0 Å². The van der Waals surface area contributed by atoms with Crippen LogP contribution in [-0.2, 0) is 14.3 Å². The number of amides is 2. The van der Waals surface area contributed by atoms with E-state index < -0.39 is 11.7 Å². The van der Waals surface area contributed by atoms with E-state index in [-0.39, 0.29) is 5.91 Å². The molecule has 0 aromatic rings. The fraction of sp³-hybridized carbons (Fsp3) is 0.750. The summed E-state index contributed by atoms with van der Waals surface area (Å²) in [6.07, 6.45) is 0.399. The largest absolute Gasteiger partial charge is 0.432 e. The predicted molar refractivity (Wildman–Crippen MR) is 42.0 cm³/mol. The average molecular weight is 185 g/mol. The number of carbonyl (C=O) groups excluding carboxylic acids is 2. The lowest BCUT2D eigenvalue weighted by atomic mass is 9.94. The molecule has 1 spiro atoms. The van der Waals surface area contributed by atoms with Gasteiger partial charge in [-0.2, -0.15) is 0 Å². The van der Waals surface area contributed by atoms with E-state index in [4.69, 9.17) is 9.47 Å². The standard InChI is InChI=1S/C8H11NO4/c1-9-6(10)8(13-7(9)11)2-4-12-5-3-8/h2-5H2,1H3. The molecule has 0 aromatic carbocycles. The summed E-state index contributed by atoms with van der Waals surface area (Å²) >= 11 is 0. The lowest BCUT2D eigenvalue weighted by Gasteiger charge is -2.28. The number of ether oxygens (including phenoxy) is 2. The van der Waals surface area contributed by atoms with Crippen LogP contribution >= 0.6 is 0 Å². The fourth-order valence-corrected chi connectivity index (χ4v) is 1.68. The van der Waals surface area contributed by atoms with Gasteiger partial charge in [-0.25, -0.2) is 9.69 Å². The molecule has 72 valence electrons. The molecule has 0 aromatic heterocycles. The molecule has 0 bridgehead atoms. The van der Waals surface area contributed by atoms with E-state index in [1.54, 1.807) is 0 Å². The Balaban J connectivity index is 2.23. The van der Waals surface area contributed by atoms with Crippen molar-refractivity contribution < 1.29 is 19.1 Å². The summed E-state index contributed by atoms with van der Waals surface area (Å²) in [5.74, 6) is -0.235. The van der Waals surface area contributed by atoms with Gasteiger partial charge < -0.3 is 9.47 Å². The van der Waals surface area contributed by atoms with Crippen LogP contribution in [0.4, 0.5) is 4.79 Å². The molecular weight excluding hydrogens is 174 g/mol. The molecule has 2 amide bonds. The first-order valence-corrected chi connectivity index (χ1v) is 4.25. The van der Waals surface area contributed by atoms with Crippen molar-refractivity contribution in [1.29, 1.82) is 0 Å². The van der Waals surface area contributed by atoms with Gasteiger partial charge >= 0.3 is 6.09 Å². The molecule has 0 atom stereocenters. The van der Waals surface area contributed by atoms with Gasteiger partial charge in [-0.05, 0) is 0 Å². The Kier molecular flexibility index (Phi) is 1.76. The monoisotopic (exact) mass is 185 g/mol. The number of nitrogens with zero attached hydrogens (tertiary/aromatic N) is 1. The van der Waals surface area contributed by atoms with Crippen LogP contribution in [0, 0.1) is 0 Å². The summed E-state index contributed by atoms with van der Waals surface area (Å²) in [6, 6.07) is 0. The number of hydrogen-bond donors (Lipinski definition) is 0. The normalized spacial score (nSPS) is 26.7. The minimum atomic E-state index is -0.913. The van der Waals surface area contributed by atoms with Crippen molar-refractivity contribution in [3.63, 3.8) is 0 Å². The summed E-state index contributed by atoms with van der Waals surface area (Å²) in [5.41, 5.74) is -0.913. The molecule has 2 aliphatic rings. The van der Waals surface area contributed by atoms with E-state index in [9.17, 15) is 9.59 Å². The third-order valence-corrected chi connectivity index (χ3v) is 2.55. The van der Waals surface area contributed by atoms with Crippen LogP contribution < -0.4 is 0 Å². The molecule has 5 nitrogen and oxygen atoms in total. The zero-order chi connectivity index (χ0) is 9.47. The Morgan fingerprint density at radius 2 is 1.92 bits per heavy atom. The van der Waals surface area contributed by atoms with Gasteiger partial charge in [0.05, 0.1) is 13.2 Å². The number of carbonyl (C=O) groups is 2. The van der Waals surface area contributed by atoms with E-state index in [0.717, 1.165) is 4.90 Å². The Labute approximate surface area is 75.6 Å². The maximum absolute atomic E-state index is 11.6. The van der Waals surface area contributed by atoms with Crippen molar-refractivity contribution in [2.24, 2.45) is 0 Å². The van der Waals surface area contributed by atoms with Gasteiger partial charge in [0, 0.05) is 19.9 Å². The van der Waals surface area contributed by atoms with Gasteiger partial charge in [0.25, 0.3) is 5.91 Å². The maximum Gasteiger partial charge on any atom is 0.417 e. The molecule has 13 heavy (non-hydrogen) atoms. The van der Waals surface area contributed by atoms with Crippen molar-refractivity contribution in [3.05, 3.63) is 0 Å². The molecule has 2 saturated heterocycles. The van der Waals surface area contributed by atoms with Crippen molar-refractivity contribution in [3.8, 4) is 0 Å². The molecule has 0 saturated carbocycles. The molecular formula is C8H11NO4. The topological polar surface area (TPSA) is 55.8 Å². The fourth-order valence-electron chi connectivity index (χ4n) is 1.68. The molecule has 0 N–H and O–H groups in total. The Bertz CT molecular complexity index is 257. The molecule has 0 unspecified atom stereocenters. The third-order valence-electron chi connectivity index (χ3n) is 2.55. The van der Waals surface area contributed by atoms with Gasteiger partial charge in [0.15, 0.2) is 5.60 Å². The highest BCUT2D eigenvalue weighted by atomic mass is 16.6. The van der Waals surface area contributed by atoms with Gasteiger partial charge in [0.2, 0.25) is 0 Å². The second-order valence-corrected chi connectivity index (χ2v) is 3.34. The van der Waals surface area contributed by atoms with E-state index in [1.807, 2.05) is 0 Å². The Hall–Kier alpha value is -1.10. The lowest BCUT2D eigenvalue weighted by Crippen LogP contribution is -2.44. The number of hydrogen-bond acceptors (Lipinski definition) is 4. The van der Waals surface area contributed by atoms with Gasteiger partial charge in [-0.15, -0.1) is 0 Å². The van der Waals surface area contributed by atoms with Crippen molar-refractivity contribution >= 4 is 12.0 Å². The molecule has 0 aliphatic carbocycles. The van der Waals surface area contributed by atoms with Crippen molar-refractivity contribution in [2.75, 3.05) is 20.3 Å². The first-order chi connectivity index (χ1) is 6.16. The quantitative estimate of drug-likeness (QED) is 0.538. The highest BCUT2D eigenvalue weighted by Gasteiger charge is 2.52. The second-order valence-electron chi connectivity index (χ2n) is 3.34. The summed E-state index contributed by atoms with van der Waals surface area (Å²) in [6.45, 7) is 0.958. The zero-order valence-corrected chi connectivity index (χ0v) is 7.41. The van der Waals surface area contributed by atoms with E-state index >= 15 is 0 Å². The highest BCUT2D eigenvalue weighted by Crippen LogP contribution is 2.32. The first-order valence-electron chi connectivity index (χ1n) is 4.25. The average Bonchev–Trinajstić information content (AvgIpc) is 2.33. The van der Waals surface area contributed by atoms with Crippen LogP contribution in [0.5, 0.6) is 0 Å². The Morgan fingerprint density at radius 3 is 2.38 bits per heavy atom. The maximum atomic E-state index is 11.6. The summed E-state index contributed by atoms with van der Waals surface area (Å²) in [7, 11) is 1.44. The SMILES string of the molecule is CN1C(=O)OC2(CCOCC2)C1=O. The predicted octanol–water partition coefficient (Wildman–Crippen LogP) is 0.144. The number of imide groups is 1. The molecule has 2 heterocycles. The minimum Gasteiger partial charge on any atom is -0.432 e. The summed E-state index contributed by atoms with van der Waals surface area (Å²) < 4.78 is 10.2. The van der Waals surface area contributed by atoms with Gasteiger partial charge in [-0.3, -0.25) is 4.79 Å². The first kappa shape index (κ1) is 8.50. The van der Waals surface area contributed by atoms with Crippen molar-refractivity contribution in [1.82, 2.24) is 4.90 Å². The second kappa shape index (κ2) is 2.70. The van der Waals surface area contributed by atoms with Crippen LogP contribution in [0.2, 0.25) is 0 Å². The Morgan fingerprint density at radius 1 is 1.31 bits per heavy atom. The van der Waals surface area contributed by atoms with Crippen LogP contribution in [-0.4, -0.2) is 42.8 Å². The molecule has 2 aliphatic heterocycles. The third kappa shape index (κ3) is 1.11. The molecule has 5 heteroatoms. The zero-order valence-electron chi connectivity index (χ0n) is 7.41. The van der Waals surface area contributed by atoms with Crippen molar-refractivity contribution in [2.45, 2.75) is 18.4 Å². The summed E-state index contributed by atoms with van der Waals surface area (Å²) in [4.78, 5) is 23.8. The smallest absolute Gasteiger partial charge is 0.417 e. The molecule has 2 fully saturated rings. The van der Waals surface area contributed by atoms with Crippen LogP contribution in [0.3, 0.4) is 0 Å². The van der Waals surface area contributed by atoms with Crippen LogP contribution in [0.25, 0.3) is 0 Å². The molecule has 2 rings (SSSR count). The summed E-state index contributed by atoms with van der Waals surface area (Å²) in [5, 5.41) is 0. The lowest BCUT2D eigenvalue weighted by molar-refractivity contribution is -0.143. The number of likely N-dealkylation sites (N-methyl/N-ethyl adjacent to an activating group) is 1. The van der Waals surface area contributed by atoms with Gasteiger partial charge in [0.1, 0.15) is 0 Å². The van der Waals surface area contributed by atoms with E-state index in [2.05, 4.69) is 0 Å². The van der Waals surface area contributed by atoms with Crippen LogP contribution in [0.1, 0.15) is 12.8 Å². The van der Waals surface area contributed by atoms with Gasteiger partial charge in [-0.1, -0.05) is 0 Å².